The van der Waals surface area contributed by atoms with Gasteiger partial charge < -0.3 is 37.2 Å². The van der Waals surface area contributed by atoms with E-state index in [-0.39, 0.29) is 18.2 Å². The molecule has 0 radical (unpaired) electrons. The zero-order chi connectivity index (χ0) is 25.1. The normalized spacial score (nSPS) is 19.3. The number of carbonyl (C=O) groups excluding carboxylic acids is 3. The van der Waals surface area contributed by atoms with Crippen molar-refractivity contribution in [2.75, 3.05) is 13.1 Å². The quantitative estimate of drug-likeness (QED) is 0.172. The largest absolute Gasteiger partial charge is 0.481 e. The summed E-state index contributed by atoms with van der Waals surface area (Å²) in [5.74, 6) is -4.66. The zero-order valence-electron chi connectivity index (χ0n) is 19.3. The van der Waals surface area contributed by atoms with Gasteiger partial charge >= 0.3 is 11.9 Å². The second kappa shape index (κ2) is 13.7. The third kappa shape index (κ3) is 8.61. The summed E-state index contributed by atoms with van der Waals surface area (Å²) in [6.07, 6.45) is 2.01. The molecule has 0 spiro atoms. The summed E-state index contributed by atoms with van der Waals surface area (Å²) < 4.78 is 0. The number of aliphatic carboxylic acids is 2. The Morgan fingerprint density at radius 1 is 1.09 bits per heavy atom. The van der Waals surface area contributed by atoms with Gasteiger partial charge in [-0.25, -0.2) is 4.79 Å². The average Bonchev–Trinajstić information content (AvgIpc) is 3.25. The Bertz CT molecular complexity index is 717. The van der Waals surface area contributed by atoms with Crippen LogP contribution in [-0.4, -0.2) is 82.0 Å². The first-order valence-electron chi connectivity index (χ1n) is 11.3. The molecule has 0 bridgehead atoms. The van der Waals surface area contributed by atoms with Crippen LogP contribution < -0.4 is 22.1 Å². The summed E-state index contributed by atoms with van der Waals surface area (Å²) in [6.45, 7) is 4.45. The summed E-state index contributed by atoms with van der Waals surface area (Å²) in [5, 5.41) is 23.2. The van der Waals surface area contributed by atoms with Crippen molar-refractivity contribution in [3.05, 3.63) is 0 Å². The molecular formula is C21H37N5O7. The van der Waals surface area contributed by atoms with Gasteiger partial charge in [0.25, 0.3) is 0 Å². The van der Waals surface area contributed by atoms with Crippen LogP contribution in [0.2, 0.25) is 0 Å². The molecular weight excluding hydrogens is 434 g/mol. The number of nitrogens with one attached hydrogen (secondary N) is 2. The SMILES string of the molecule is CCC(C)C(N)C(=O)N1CCCC1C(=O)NC(CC(=O)O)C(=O)NC(CCCCN)C(=O)O. The van der Waals surface area contributed by atoms with E-state index in [1.165, 1.54) is 4.90 Å². The minimum atomic E-state index is -1.49. The van der Waals surface area contributed by atoms with E-state index in [2.05, 4.69) is 10.6 Å². The summed E-state index contributed by atoms with van der Waals surface area (Å²) in [6, 6.07) is -4.38. The first-order chi connectivity index (χ1) is 15.5. The topological polar surface area (TPSA) is 205 Å². The van der Waals surface area contributed by atoms with Crippen molar-refractivity contribution in [2.45, 2.75) is 83.0 Å². The van der Waals surface area contributed by atoms with Gasteiger partial charge in [-0.15, -0.1) is 0 Å². The second-order valence-corrected chi connectivity index (χ2v) is 8.44. The molecule has 8 N–H and O–H groups in total. The number of hydrogen-bond donors (Lipinski definition) is 6. The van der Waals surface area contributed by atoms with E-state index >= 15 is 0 Å². The molecule has 5 atom stereocenters. The number of amides is 3. The van der Waals surface area contributed by atoms with Crippen LogP contribution in [0.15, 0.2) is 0 Å². The van der Waals surface area contributed by atoms with Crippen molar-refractivity contribution < 1.29 is 34.2 Å². The van der Waals surface area contributed by atoms with Gasteiger partial charge in [0.15, 0.2) is 0 Å². The molecule has 33 heavy (non-hydrogen) atoms. The lowest BCUT2D eigenvalue weighted by molar-refractivity contribution is -0.145. The number of likely N-dealkylation sites (tertiary alicyclic amines) is 1. The molecule has 5 unspecified atom stereocenters. The molecule has 188 valence electrons. The monoisotopic (exact) mass is 471 g/mol. The van der Waals surface area contributed by atoms with Crippen molar-refractivity contribution in [3.8, 4) is 0 Å². The van der Waals surface area contributed by atoms with Crippen LogP contribution >= 0.6 is 0 Å². The summed E-state index contributed by atoms with van der Waals surface area (Å²) in [4.78, 5) is 62.4. The first kappa shape index (κ1) is 28.3. The number of carboxylic acid groups (broad SMARTS) is 2. The molecule has 0 aromatic rings. The van der Waals surface area contributed by atoms with E-state index in [1.807, 2.05) is 13.8 Å². The highest BCUT2D eigenvalue weighted by Crippen LogP contribution is 2.21. The molecule has 1 saturated heterocycles. The van der Waals surface area contributed by atoms with E-state index in [9.17, 15) is 34.2 Å². The molecule has 0 aromatic carbocycles. The maximum atomic E-state index is 12.9. The Morgan fingerprint density at radius 2 is 1.76 bits per heavy atom. The van der Waals surface area contributed by atoms with Crippen LogP contribution in [0, 0.1) is 5.92 Å². The Kier molecular flexibility index (Phi) is 11.8. The van der Waals surface area contributed by atoms with E-state index < -0.39 is 54.3 Å². The third-order valence-corrected chi connectivity index (χ3v) is 5.95. The van der Waals surface area contributed by atoms with Gasteiger partial charge in [0, 0.05) is 6.54 Å². The smallest absolute Gasteiger partial charge is 0.326 e. The average molecular weight is 472 g/mol. The van der Waals surface area contributed by atoms with Crippen LogP contribution in [-0.2, 0) is 24.0 Å². The lowest BCUT2D eigenvalue weighted by atomic mass is 9.98. The highest BCUT2D eigenvalue weighted by atomic mass is 16.4. The highest BCUT2D eigenvalue weighted by molar-refractivity contribution is 5.95. The first-order valence-corrected chi connectivity index (χ1v) is 11.3. The van der Waals surface area contributed by atoms with Gasteiger partial charge in [-0.2, -0.15) is 0 Å². The number of nitrogens with two attached hydrogens (primary N) is 2. The Morgan fingerprint density at radius 3 is 2.30 bits per heavy atom. The maximum absolute atomic E-state index is 12.9. The number of carboxylic acids is 2. The summed E-state index contributed by atoms with van der Waals surface area (Å²) >= 11 is 0. The summed E-state index contributed by atoms with van der Waals surface area (Å²) in [7, 11) is 0. The van der Waals surface area contributed by atoms with Crippen molar-refractivity contribution in [3.63, 3.8) is 0 Å². The molecule has 0 aliphatic carbocycles. The Labute approximate surface area is 193 Å². The fourth-order valence-electron chi connectivity index (χ4n) is 3.67. The van der Waals surface area contributed by atoms with E-state index in [0.717, 1.165) is 0 Å². The molecule has 0 saturated carbocycles. The van der Waals surface area contributed by atoms with Gasteiger partial charge in [0.1, 0.15) is 18.1 Å². The lowest BCUT2D eigenvalue weighted by Crippen LogP contribution is -2.57. The van der Waals surface area contributed by atoms with Crippen LogP contribution in [0.5, 0.6) is 0 Å². The Balaban J connectivity index is 2.90. The van der Waals surface area contributed by atoms with Gasteiger partial charge in [-0.1, -0.05) is 20.3 Å². The van der Waals surface area contributed by atoms with Crippen LogP contribution in [0.4, 0.5) is 0 Å². The van der Waals surface area contributed by atoms with Gasteiger partial charge in [-0.3, -0.25) is 19.2 Å². The van der Waals surface area contributed by atoms with Crippen molar-refractivity contribution in [1.82, 2.24) is 15.5 Å². The number of rotatable bonds is 14. The standard InChI is InChI=1S/C21H37N5O7/c1-3-12(2)17(23)20(31)26-10-6-8-15(26)19(30)25-14(11-16(27)28)18(29)24-13(21(32)33)7-4-5-9-22/h12-15,17H,3-11,22-23H2,1-2H3,(H,24,29)(H,25,30)(H,27,28)(H,32,33). The van der Waals surface area contributed by atoms with Crippen molar-refractivity contribution >= 4 is 29.7 Å². The van der Waals surface area contributed by atoms with Gasteiger partial charge in [0.2, 0.25) is 17.7 Å². The molecule has 1 rings (SSSR count). The molecule has 1 aliphatic rings. The highest BCUT2D eigenvalue weighted by Gasteiger charge is 2.39. The third-order valence-electron chi connectivity index (χ3n) is 5.95. The number of hydrogen-bond acceptors (Lipinski definition) is 7. The Hall–Kier alpha value is -2.73. The van der Waals surface area contributed by atoms with Crippen LogP contribution in [0.1, 0.15) is 58.8 Å². The predicted octanol–water partition coefficient (Wildman–Crippen LogP) is -0.991. The maximum Gasteiger partial charge on any atom is 0.326 e. The van der Waals surface area contributed by atoms with Gasteiger partial charge in [-0.05, 0) is 44.6 Å². The molecule has 12 nitrogen and oxygen atoms in total. The fraction of sp³-hybridized carbons (Fsp3) is 0.762. The molecule has 12 heteroatoms. The second-order valence-electron chi connectivity index (χ2n) is 8.44. The fourth-order valence-corrected chi connectivity index (χ4v) is 3.67. The van der Waals surface area contributed by atoms with Crippen molar-refractivity contribution in [1.29, 1.82) is 0 Å². The van der Waals surface area contributed by atoms with Crippen LogP contribution in [0.25, 0.3) is 0 Å². The lowest BCUT2D eigenvalue weighted by Gasteiger charge is -2.30. The molecule has 1 fully saturated rings. The van der Waals surface area contributed by atoms with E-state index in [0.29, 0.717) is 45.2 Å². The number of nitrogens with zero attached hydrogens (tertiary/aromatic N) is 1. The number of unbranched alkanes of at least 4 members (excludes halogenated alkanes) is 1. The van der Waals surface area contributed by atoms with E-state index in [1.54, 1.807) is 0 Å². The van der Waals surface area contributed by atoms with Gasteiger partial charge in [0.05, 0.1) is 12.5 Å². The molecule has 0 aromatic heterocycles. The zero-order valence-corrected chi connectivity index (χ0v) is 19.3. The van der Waals surface area contributed by atoms with Crippen LogP contribution in [0.3, 0.4) is 0 Å². The molecule has 1 heterocycles. The van der Waals surface area contributed by atoms with E-state index in [4.69, 9.17) is 11.5 Å². The van der Waals surface area contributed by atoms with Crippen molar-refractivity contribution in [2.24, 2.45) is 17.4 Å². The minimum absolute atomic E-state index is 0.0837. The molecule has 3 amide bonds. The summed E-state index contributed by atoms with van der Waals surface area (Å²) in [5.41, 5.74) is 11.4. The number of carbonyl (C=O) groups is 5. The minimum Gasteiger partial charge on any atom is -0.481 e. The predicted molar refractivity (Wildman–Crippen MR) is 119 cm³/mol. The molecule has 1 aliphatic heterocycles.